The first kappa shape index (κ1) is 15.8. The first-order valence-corrected chi connectivity index (χ1v) is 8.12. The Kier molecular flexibility index (Phi) is 5.49. The van der Waals surface area contributed by atoms with Crippen molar-refractivity contribution in [2.24, 2.45) is 5.73 Å². The Bertz CT molecular complexity index is 632. The molecule has 3 nitrogen and oxygen atoms in total. The lowest BCUT2D eigenvalue weighted by Gasteiger charge is -2.13. The molecule has 0 aromatic heterocycles. The Morgan fingerprint density at radius 3 is 2.25 bits per heavy atom. The highest BCUT2D eigenvalue weighted by Crippen LogP contribution is 2.39. The summed E-state index contributed by atoms with van der Waals surface area (Å²) in [6.07, 6.45) is 0. The lowest BCUT2D eigenvalue weighted by atomic mass is 10.2. The second kappa shape index (κ2) is 6.93. The van der Waals surface area contributed by atoms with Crippen molar-refractivity contribution in [2.75, 3.05) is 7.11 Å². The molecule has 0 radical (unpaired) electrons. The molecule has 2 aromatic carbocycles. The molecule has 0 saturated heterocycles. The van der Waals surface area contributed by atoms with Gasteiger partial charge in [0, 0.05) is 16.6 Å². The number of ether oxygens (including phenoxy) is 2. The van der Waals surface area contributed by atoms with Gasteiger partial charge in [-0.25, -0.2) is 0 Å². The molecular weight excluding hydrogens is 454 g/mol. The van der Waals surface area contributed by atoms with E-state index in [0.717, 1.165) is 30.5 Å². The van der Waals surface area contributed by atoms with Crippen LogP contribution in [0.3, 0.4) is 0 Å². The van der Waals surface area contributed by atoms with E-state index >= 15 is 0 Å². The van der Waals surface area contributed by atoms with Gasteiger partial charge in [-0.15, -0.1) is 0 Å². The van der Waals surface area contributed by atoms with Crippen LogP contribution in [0.25, 0.3) is 0 Å². The van der Waals surface area contributed by atoms with Crippen molar-refractivity contribution in [3.8, 4) is 17.2 Å². The molecule has 2 rings (SSSR count). The summed E-state index contributed by atoms with van der Waals surface area (Å²) in [4.78, 5) is 0. The molecule has 0 aliphatic rings. The normalized spacial score (nSPS) is 10.4. The number of benzene rings is 2. The van der Waals surface area contributed by atoms with E-state index < -0.39 is 0 Å². The summed E-state index contributed by atoms with van der Waals surface area (Å²) in [6.45, 7) is 0.414. The van der Waals surface area contributed by atoms with E-state index in [4.69, 9.17) is 15.2 Å². The fraction of sp³-hybridized carbons (Fsp3) is 0.143. The van der Waals surface area contributed by atoms with Crippen molar-refractivity contribution in [1.82, 2.24) is 0 Å². The van der Waals surface area contributed by atoms with Crippen molar-refractivity contribution in [2.45, 2.75) is 6.54 Å². The van der Waals surface area contributed by atoms with E-state index in [1.807, 2.05) is 30.3 Å². The maximum atomic E-state index is 5.95. The molecule has 0 aliphatic heterocycles. The summed E-state index contributed by atoms with van der Waals surface area (Å²) in [5.74, 6) is 2.14. The molecule has 2 aromatic rings. The summed E-state index contributed by atoms with van der Waals surface area (Å²) >= 11 is 10.4. The van der Waals surface area contributed by atoms with Gasteiger partial charge in [0.25, 0.3) is 0 Å². The third-order valence-corrected chi connectivity index (χ3v) is 4.41. The Morgan fingerprint density at radius 2 is 1.60 bits per heavy atom. The number of rotatable bonds is 4. The molecule has 0 spiro atoms. The van der Waals surface area contributed by atoms with Crippen LogP contribution in [-0.2, 0) is 6.54 Å². The molecule has 2 N–H and O–H groups in total. The number of halogens is 3. The molecule has 6 heteroatoms. The average molecular weight is 466 g/mol. The van der Waals surface area contributed by atoms with Gasteiger partial charge in [-0.3, -0.25) is 0 Å². The topological polar surface area (TPSA) is 44.5 Å². The molecule has 106 valence electrons. The molecule has 0 saturated carbocycles. The zero-order valence-corrected chi connectivity index (χ0v) is 15.4. The van der Waals surface area contributed by atoms with E-state index in [9.17, 15) is 0 Å². The molecule has 0 aliphatic carbocycles. The van der Waals surface area contributed by atoms with Crippen molar-refractivity contribution in [3.05, 3.63) is 49.3 Å². The van der Waals surface area contributed by atoms with Crippen LogP contribution in [0.2, 0.25) is 0 Å². The summed E-state index contributed by atoms with van der Waals surface area (Å²) in [6, 6.07) is 9.47. The minimum Gasteiger partial charge on any atom is -0.496 e. The van der Waals surface area contributed by atoms with Gasteiger partial charge in [-0.2, -0.15) is 0 Å². The van der Waals surface area contributed by atoms with Crippen molar-refractivity contribution in [3.63, 3.8) is 0 Å². The number of hydrogen-bond donors (Lipinski definition) is 1. The molecule has 0 unspecified atom stereocenters. The van der Waals surface area contributed by atoms with Crippen LogP contribution < -0.4 is 15.2 Å². The predicted octanol–water partition coefficient (Wildman–Crippen LogP) is 5.23. The maximum absolute atomic E-state index is 5.95. The van der Waals surface area contributed by atoms with Crippen LogP contribution in [0, 0.1) is 0 Å². The number of methoxy groups -OCH3 is 1. The van der Waals surface area contributed by atoms with E-state index in [-0.39, 0.29) is 0 Å². The molecule has 0 heterocycles. The summed E-state index contributed by atoms with van der Waals surface area (Å²) < 4.78 is 13.8. The Balaban J connectivity index is 2.39. The minimum absolute atomic E-state index is 0.414. The van der Waals surface area contributed by atoms with Gasteiger partial charge in [0.15, 0.2) is 0 Å². The third kappa shape index (κ3) is 3.55. The van der Waals surface area contributed by atoms with Gasteiger partial charge < -0.3 is 15.2 Å². The van der Waals surface area contributed by atoms with Crippen LogP contribution in [0.1, 0.15) is 5.56 Å². The lowest BCUT2D eigenvalue weighted by Crippen LogP contribution is -1.99. The highest BCUT2D eigenvalue weighted by molar-refractivity contribution is 9.11. The Morgan fingerprint density at radius 1 is 0.950 bits per heavy atom. The average Bonchev–Trinajstić information content (AvgIpc) is 2.42. The van der Waals surface area contributed by atoms with Gasteiger partial charge in [0.2, 0.25) is 0 Å². The van der Waals surface area contributed by atoms with E-state index in [1.54, 1.807) is 7.11 Å². The Labute approximate surface area is 142 Å². The van der Waals surface area contributed by atoms with Gasteiger partial charge in [-0.1, -0.05) is 22.0 Å². The molecule has 0 amide bonds. The van der Waals surface area contributed by atoms with Crippen molar-refractivity contribution >= 4 is 47.8 Å². The summed E-state index contributed by atoms with van der Waals surface area (Å²) in [7, 11) is 1.62. The maximum Gasteiger partial charge on any atom is 0.143 e. The van der Waals surface area contributed by atoms with Crippen LogP contribution in [0.15, 0.2) is 43.7 Å². The quantitative estimate of drug-likeness (QED) is 0.672. The van der Waals surface area contributed by atoms with Crippen LogP contribution in [-0.4, -0.2) is 7.11 Å². The van der Waals surface area contributed by atoms with Gasteiger partial charge in [0.05, 0.1) is 16.1 Å². The minimum atomic E-state index is 0.414. The van der Waals surface area contributed by atoms with Crippen molar-refractivity contribution in [1.29, 1.82) is 0 Å². The number of nitrogens with two attached hydrogens (primary N) is 1. The fourth-order valence-corrected chi connectivity index (χ4v) is 2.88. The SMILES string of the molecule is COc1cc(Br)c(Oc2cc(Br)ccc2CN)cc1Br. The van der Waals surface area contributed by atoms with E-state index in [0.29, 0.717) is 12.3 Å². The zero-order chi connectivity index (χ0) is 14.7. The third-order valence-electron chi connectivity index (χ3n) is 2.68. The summed E-state index contributed by atoms with van der Waals surface area (Å²) in [5, 5.41) is 0. The Hall–Kier alpha value is -0.560. The second-order valence-electron chi connectivity index (χ2n) is 3.98. The first-order valence-electron chi connectivity index (χ1n) is 5.74. The van der Waals surface area contributed by atoms with Gasteiger partial charge in [0.1, 0.15) is 17.2 Å². The fourth-order valence-electron chi connectivity index (χ4n) is 1.66. The van der Waals surface area contributed by atoms with Crippen molar-refractivity contribution < 1.29 is 9.47 Å². The monoisotopic (exact) mass is 463 g/mol. The van der Waals surface area contributed by atoms with E-state index in [2.05, 4.69) is 47.8 Å². The van der Waals surface area contributed by atoms with Gasteiger partial charge >= 0.3 is 0 Å². The van der Waals surface area contributed by atoms with Crippen LogP contribution in [0.5, 0.6) is 17.2 Å². The van der Waals surface area contributed by atoms with Gasteiger partial charge in [-0.05, 0) is 56.1 Å². The highest BCUT2D eigenvalue weighted by atomic mass is 79.9. The predicted molar refractivity (Wildman–Crippen MR) is 90.5 cm³/mol. The lowest BCUT2D eigenvalue weighted by molar-refractivity contribution is 0.409. The standard InChI is InChI=1S/C14H12Br3NO2/c1-19-13-5-11(17)14(6-10(13)16)20-12-4-9(15)3-2-8(12)7-18/h2-6H,7,18H2,1H3. The second-order valence-corrected chi connectivity index (χ2v) is 6.60. The molecule has 0 fully saturated rings. The largest absolute Gasteiger partial charge is 0.496 e. The number of hydrogen-bond acceptors (Lipinski definition) is 3. The molecule has 0 atom stereocenters. The molecular formula is C14H12Br3NO2. The highest BCUT2D eigenvalue weighted by Gasteiger charge is 2.11. The smallest absolute Gasteiger partial charge is 0.143 e. The first-order chi connectivity index (χ1) is 9.55. The van der Waals surface area contributed by atoms with Crippen LogP contribution >= 0.6 is 47.8 Å². The summed E-state index contributed by atoms with van der Waals surface area (Å²) in [5.41, 5.74) is 6.67. The molecule has 20 heavy (non-hydrogen) atoms. The zero-order valence-electron chi connectivity index (χ0n) is 10.6. The molecule has 0 bridgehead atoms. The van der Waals surface area contributed by atoms with Crippen LogP contribution in [0.4, 0.5) is 0 Å². The van der Waals surface area contributed by atoms with E-state index in [1.165, 1.54) is 0 Å².